The second-order valence-electron chi connectivity index (χ2n) is 6.90. The van der Waals surface area contributed by atoms with Crippen LogP contribution >= 0.6 is 11.3 Å². The molecule has 0 atom stereocenters. The Hall–Kier alpha value is -1.69. The second-order valence-corrected chi connectivity index (χ2v) is 7.98. The summed E-state index contributed by atoms with van der Waals surface area (Å²) in [6, 6.07) is 0. The molecule has 1 aliphatic carbocycles. The molecule has 1 aliphatic rings. The molecule has 0 radical (unpaired) electrons. The Kier molecular flexibility index (Phi) is 4.04. The van der Waals surface area contributed by atoms with Crippen molar-refractivity contribution < 1.29 is 9.90 Å². The molecule has 0 aromatic carbocycles. The molecule has 5 nitrogen and oxygen atoms in total. The van der Waals surface area contributed by atoms with Crippen molar-refractivity contribution in [3.8, 4) is 0 Å². The first-order chi connectivity index (χ1) is 10.8. The smallest absolute Gasteiger partial charge is 0.310 e. The maximum atomic E-state index is 13.1. The summed E-state index contributed by atoms with van der Waals surface area (Å²) in [5.41, 5.74) is 0.0838. The zero-order chi connectivity index (χ0) is 16.8. The average molecular weight is 334 g/mol. The molecule has 23 heavy (non-hydrogen) atoms. The lowest BCUT2D eigenvalue weighted by Gasteiger charge is -2.22. The van der Waals surface area contributed by atoms with Crippen LogP contribution in [0.5, 0.6) is 0 Å². The summed E-state index contributed by atoms with van der Waals surface area (Å²) < 4.78 is 1.60. The van der Waals surface area contributed by atoms with Crippen LogP contribution in [0.4, 0.5) is 0 Å². The predicted octanol–water partition coefficient (Wildman–Crippen LogP) is 3.01. The number of hydrogen-bond acceptors (Lipinski definition) is 4. The minimum absolute atomic E-state index is 0.0628. The van der Waals surface area contributed by atoms with Gasteiger partial charge in [0.25, 0.3) is 5.56 Å². The minimum atomic E-state index is -0.999. The van der Waals surface area contributed by atoms with Crippen LogP contribution in [0.25, 0.3) is 10.2 Å². The van der Waals surface area contributed by atoms with Crippen LogP contribution in [-0.2, 0) is 30.6 Å². The summed E-state index contributed by atoms with van der Waals surface area (Å²) in [5, 5.41) is 10.1. The Morgan fingerprint density at radius 1 is 1.39 bits per heavy atom. The number of fused-ring (bicyclic) bond motifs is 3. The van der Waals surface area contributed by atoms with Crippen LogP contribution in [0.1, 0.15) is 49.9 Å². The lowest BCUT2D eigenvalue weighted by Crippen LogP contribution is -2.36. The molecule has 2 aromatic heterocycles. The first kappa shape index (κ1) is 16.2. The predicted molar refractivity (Wildman–Crippen MR) is 91.3 cm³/mol. The molecule has 0 fully saturated rings. The molecule has 1 N–H and O–H groups in total. The van der Waals surface area contributed by atoms with Crippen molar-refractivity contribution in [3.05, 3.63) is 26.6 Å². The van der Waals surface area contributed by atoms with Crippen molar-refractivity contribution in [2.75, 3.05) is 0 Å². The average Bonchev–Trinajstić information content (AvgIpc) is 3.03. The molecule has 0 unspecified atom stereocenters. The maximum absolute atomic E-state index is 13.1. The van der Waals surface area contributed by atoms with Crippen molar-refractivity contribution in [2.24, 2.45) is 5.41 Å². The number of rotatable bonds is 5. The van der Waals surface area contributed by atoms with Crippen molar-refractivity contribution in [1.82, 2.24) is 9.55 Å². The molecule has 0 amide bonds. The van der Waals surface area contributed by atoms with Gasteiger partial charge in [0.05, 0.1) is 10.8 Å². The van der Waals surface area contributed by atoms with E-state index in [1.54, 1.807) is 29.8 Å². The minimum Gasteiger partial charge on any atom is -0.481 e. The molecule has 0 saturated carbocycles. The van der Waals surface area contributed by atoms with Crippen LogP contribution < -0.4 is 5.56 Å². The number of carbonyl (C=O) groups is 1. The van der Waals surface area contributed by atoms with Gasteiger partial charge in [-0.15, -0.1) is 11.3 Å². The van der Waals surface area contributed by atoms with Crippen molar-refractivity contribution in [2.45, 2.75) is 59.4 Å². The van der Waals surface area contributed by atoms with Crippen LogP contribution in [0.3, 0.4) is 0 Å². The van der Waals surface area contributed by atoms with Crippen molar-refractivity contribution >= 4 is 27.5 Å². The highest BCUT2D eigenvalue weighted by atomic mass is 32.1. The van der Waals surface area contributed by atoms with E-state index in [9.17, 15) is 14.7 Å². The highest BCUT2D eigenvalue weighted by molar-refractivity contribution is 7.18. The van der Waals surface area contributed by atoms with E-state index in [0.717, 1.165) is 41.5 Å². The van der Waals surface area contributed by atoms with Gasteiger partial charge in [0.1, 0.15) is 10.7 Å². The van der Waals surface area contributed by atoms with Crippen molar-refractivity contribution in [3.63, 3.8) is 0 Å². The third-order valence-electron chi connectivity index (χ3n) is 4.51. The highest BCUT2D eigenvalue weighted by Gasteiger charge is 2.30. The van der Waals surface area contributed by atoms with Gasteiger partial charge in [-0.2, -0.15) is 0 Å². The van der Waals surface area contributed by atoms with E-state index in [2.05, 4.69) is 0 Å². The zero-order valence-corrected chi connectivity index (χ0v) is 14.6. The monoisotopic (exact) mass is 334 g/mol. The number of carboxylic acids is 1. The Balaban J connectivity index is 2.21. The van der Waals surface area contributed by atoms with E-state index >= 15 is 0 Å². The largest absolute Gasteiger partial charge is 0.481 e. The summed E-state index contributed by atoms with van der Waals surface area (Å²) in [6.45, 7) is 5.50. The summed E-state index contributed by atoms with van der Waals surface area (Å²) in [7, 11) is 0. The van der Waals surface area contributed by atoms with E-state index < -0.39 is 11.4 Å². The van der Waals surface area contributed by atoms with E-state index in [1.807, 2.05) is 6.92 Å². The molecule has 0 aliphatic heterocycles. The molecule has 2 heterocycles. The molecule has 124 valence electrons. The molecular weight excluding hydrogens is 312 g/mol. The molecule has 0 saturated heterocycles. The van der Waals surface area contributed by atoms with Gasteiger partial charge in [-0.25, -0.2) is 4.98 Å². The Bertz CT molecular complexity index is 832. The summed E-state index contributed by atoms with van der Waals surface area (Å²) in [4.78, 5) is 31.4. The number of aryl methyl sites for hydroxylation is 3. The van der Waals surface area contributed by atoms with Gasteiger partial charge < -0.3 is 5.11 Å². The van der Waals surface area contributed by atoms with Gasteiger partial charge in [-0.05, 0) is 45.1 Å². The first-order valence-electron chi connectivity index (χ1n) is 8.12. The van der Waals surface area contributed by atoms with E-state index in [0.29, 0.717) is 12.2 Å². The number of aromatic nitrogens is 2. The molecule has 6 heteroatoms. The number of thiophene rings is 1. The molecule has 0 bridgehead atoms. The van der Waals surface area contributed by atoms with Crippen LogP contribution in [-0.4, -0.2) is 20.6 Å². The van der Waals surface area contributed by atoms with Gasteiger partial charge in [0.2, 0.25) is 0 Å². The third-order valence-corrected chi connectivity index (χ3v) is 5.70. The molecule has 2 aromatic rings. The number of hydrogen-bond donors (Lipinski definition) is 1. The second kappa shape index (κ2) is 5.74. The third kappa shape index (κ3) is 2.69. The quantitative estimate of drug-likeness (QED) is 0.912. The number of nitrogens with zero attached hydrogens (tertiary/aromatic N) is 2. The highest BCUT2D eigenvalue weighted by Crippen LogP contribution is 2.35. The standard InChI is InChI=1S/C17H22N2O3S/c1-4-6-12-18-14-13(10-7-5-8-11(10)23-14)15(20)19(12)9-17(2,3)16(21)22/h4-9H2,1-3H3,(H,21,22). The van der Waals surface area contributed by atoms with Gasteiger partial charge >= 0.3 is 5.97 Å². The SMILES string of the molecule is CCCc1nc2sc3c(c2c(=O)n1CC(C)(C)C(=O)O)CCC3. The first-order valence-corrected chi connectivity index (χ1v) is 8.94. The Morgan fingerprint density at radius 2 is 2.13 bits per heavy atom. The molecule has 0 spiro atoms. The van der Waals surface area contributed by atoms with Gasteiger partial charge in [-0.3, -0.25) is 14.2 Å². The Morgan fingerprint density at radius 3 is 2.78 bits per heavy atom. The lowest BCUT2D eigenvalue weighted by atomic mass is 9.93. The maximum Gasteiger partial charge on any atom is 0.310 e. The summed E-state index contributed by atoms with van der Waals surface area (Å²) >= 11 is 1.63. The van der Waals surface area contributed by atoms with Gasteiger partial charge in [-0.1, -0.05) is 6.92 Å². The summed E-state index contributed by atoms with van der Waals surface area (Å²) in [6.07, 6.45) is 4.61. The van der Waals surface area contributed by atoms with Gasteiger partial charge in [0.15, 0.2) is 0 Å². The van der Waals surface area contributed by atoms with E-state index in [1.165, 1.54) is 4.88 Å². The number of aliphatic carboxylic acids is 1. The zero-order valence-electron chi connectivity index (χ0n) is 13.8. The fraction of sp³-hybridized carbons (Fsp3) is 0.588. The number of carboxylic acid groups (broad SMARTS) is 1. The van der Waals surface area contributed by atoms with Crippen LogP contribution in [0.2, 0.25) is 0 Å². The topological polar surface area (TPSA) is 72.2 Å². The lowest BCUT2D eigenvalue weighted by molar-refractivity contribution is -0.147. The van der Waals surface area contributed by atoms with E-state index in [4.69, 9.17) is 4.98 Å². The Labute approximate surface area is 139 Å². The fourth-order valence-corrected chi connectivity index (χ4v) is 4.43. The fourth-order valence-electron chi connectivity index (χ4n) is 3.16. The van der Waals surface area contributed by atoms with Crippen molar-refractivity contribution in [1.29, 1.82) is 0 Å². The van der Waals surface area contributed by atoms with Crippen LogP contribution in [0.15, 0.2) is 4.79 Å². The summed E-state index contributed by atoms with van der Waals surface area (Å²) in [5.74, 6) is -0.193. The van der Waals surface area contributed by atoms with Crippen LogP contribution in [0, 0.1) is 5.41 Å². The van der Waals surface area contributed by atoms with Gasteiger partial charge in [0, 0.05) is 17.8 Å². The normalized spacial score (nSPS) is 14.4. The molecular formula is C17H22N2O3S. The van der Waals surface area contributed by atoms with E-state index in [-0.39, 0.29) is 12.1 Å². The molecule has 3 rings (SSSR count).